The molecular weight excluding hydrogens is 416 g/mol. The first-order valence-electron chi connectivity index (χ1n) is 10.5. The van der Waals surface area contributed by atoms with E-state index in [2.05, 4.69) is 0 Å². The second-order valence-corrected chi connectivity index (χ2v) is 12.7. The largest absolute Gasteiger partial charge is 0.379 e. The summed E-state index contributed by atoms with van der Waals surface area (Å²) in [7, 11) is -6.95. The van der Waals surface area contributed by atoms with Gasteiger partial charge < -0.3 is 4.74 Å². The second-order valence-electron chi connectivity index (χ2n) is 7.66. The minimum atomic E-state index is -3.48. The topological polar surface area (TPSA) is 112 Å². The lowest BCUT2D eigenvalue weighted by Crippen LogP contribution is -2.28. The van der Waals surface area contributed by atoms with Gasteiger partial charge in [0.05, 0.1) is 35.2 Å². The normalized spacial score (nSPS) is 14.5. The molecule has 172 valence electrons. The Hall–Kier alpha value is -0.800. The third kappa shape index (κ3) is 12.5. The summed E-state index contributed by atoms with van der Waals surface area (Å²) in [6.45, 7) is 6.73. The summed E-state index contributed by atoms with van der Waals surface area (Å²) < 4.78 is 54.1. The lowest BCUT2D eigenvalue weighted by Gasteiger charge is -2.14. The van der Waals surface area contributed by atoms with Crippen LogP contribution in [-0.2, 0) is 34.0 Å². The van der Waals surface area contributed by atoms with E-state index < -0.39 is 30.2 Å². The number of hydrogen-bond donors (Lipinski definition) is 0. The molecule has 0 saturated heterocycles. The fraction of sp³-hybridized carbons (Fsp3) is 0.900. The van der Waals surface area contributed by atoms with Crippen LogP contribution in [0.3, 0.4) is 0 Å². The van der Waals surface area contributed by atoms with E-state index in [1.165, 1.54) is 13.8 Å². The highest BCUT2D eigenvalue weighted by Crippen LogP contribution is 2.12. The van der Waals surface area contributed by atoms with E-state index in [1.54, 1.807) is 0 Å². The van der Waals surface area contributed by atoms with E-state index >= 15 is 0 Å². The molecule has 0 N–H and O–H groups in total. The minimum absolute atomic E-state index is 0.000285. The summed E-state index contributed by atoms with van der Waals surface area (Å²) in [6.07, 6.45) is 4.07. The van der Waals surface area contributed by atoms with Gasteiger partial charge in [-0.25, -0.2) is 16.8 Å². The average molecular weight is 455 g/mol. The number of sulfone groups is 2. The first-order valence-corrected chi connectivity index (χ1v) is 13.9. The Labute approximate surface area is 176 Å². The van der Waals surface area contributed by atoms with Crippen molar-refractivity contribution in [2.24, 2.45) is 0 Å². The molecule has 7 nitrogen and oxygen atoms in total. The van der Waals surface area contributed by atoms with Crippen molar-refractivity contribution in [2.75, 3.05) is 24.7 Å². The van der Waals surface area contributed by atoms with Crippen LogP contribution in [0.25, 0.3) is 0 Å². The molecule has 0 aliphatic carbocycles. The van der Waals surface area contributed by atoms with Crippen LogP contribution in [0.15, 0.2) is 0 Å². The molecule has 0 rings (SSSR count). The zero-order chi connectivity index (χ0) is 22.5. The minimum Gasteiger partial charge on any atom is -0.379 e. The van der Waals surface area contributed by atoms with Crippen LogP contribution < -0.4 is 0 Å². The molecule has 0 aromatic carbocycles. The summed E-state index contributed by atoms with van der Waals surface area (Å²) in [5, 5.41) is -1.54. The van der Waals surface area contributed by atoms with Gasteiger partial charge in [0.2, 0.25) is 0 Å². The van der Waals surface area contributed by atoms with Crippen LogP contribution in [0.5, 0.6) is 0 Å². The van der Waals surface area contributed by atoms with Gasteiger partial charge in [-0.15, -0.1) is 0 Å². The number of carbonyl (C=O) groups is 2. The van der Waals surface area contributed by atoms with E-state index in [-0.39, 0.29) is 49.1 Å². The number of carbonyl (C=O) groups excluding carboxylic acids is 2. The second kappa shape index (κ2) is 14.2. The number of rotatable bonds is 18. The van der Waals surface area contributed by atoms with Crippen molar-refractivity contribution in [2.45, 2.75) is 89.6 Å². The van der Waals surface area contributed by atoms with Crippen molar-refractivity contribution in [3.63, 3.8) is 0 Å². The molecule has 2 atom stereocenters. The number of Topliss-reactive ketones (excluding diaryl/α,β-unsaturated/α-hetero) is 2. The Balaban J connectivity index is 4.28. The van der Waals surface area contributed by atoms with Crippen LogP contribution in [-0.4, -0.2) is 63.6 Å². The van der Waals surface area contributed by atoms with E-state index in [4.69, 9.17) is 4.74 Å². The van der Waals surface area contributed by atoms with Gasteiger partial charge in [-0.3, -0.25) is 9.59 Å². The fourth-order valence-corrected chi connectivity index (χ4v) is 5.09. The number of hydrogen-bond acceptors (Lipinski definition) is 7. The summed E-state index contributed by atoms with van der Waals surface area (Å²) in [4.78, 5) is 23.5. The molecule has 2 unspecified atom stereocenters. The summed E-state index contributed by atoms with van der Waals surface area (Å²) >= 11 is 0. The third-order valence-electron chi connectivity index (χ3n) is 4.90. The maximum absolute atomic E-state index is 12.2. The zero-order valence-electron chi connectivity index (χ0n) is 18.3. The van der Waals surface area contributed by atoms with Crippen LogP contribution in [0.1, 0.15) is 79.1 Å². The van der Waals surface area contributed by atoms with Gasteiger partial charge in [-0.05, 0) is 26.7 Å². The standard InChI is InChI=1S/C20H38O7S2/c1-5-7-9-19(21)15-17(3)28(23,24)13-11-27-12-14-29(25,26)18(4)16-20(22)10-8-6-2/h17-18H,5-16H2,1-4H3. The number of ketones is 2. The predicted octanol–water partition coefficient (Wildman–Crippen LogP) is 2.91. The highest BCUT2D eigenvalue weighted by atomic mass is 32.2. The Kier molecular flexibility index (Phi) is 13.9. The SMILES string of the molecule is CCCCC(=O)CC(C)S(=O)(=O)CCOCCS(=O)(=O)C(C)CC(=O)CCCC. The molecule has 0 aromatic rings. The summed E-state index contributed by atoms with van der Waals surface area (Å²) in [6, 6.07) is 0. The molecule has 29 heavy (non-hydrogen) atoms. The molecule has 0 aliphatic rings. The van der Waals surface area contributed by atoms with Gasteiger partial charge in [-0.2, -0.15) is 0 Å². The lowest BCUT2D eigenvalue weighted by molar-refractivity contribution is -0.119. The molecular formula is C20H38O7S2. The van der Waals surface area contributed by atoms with E-state index in [0.29, 0.717) is 12.8 Å². The average Bonchev–Trinajstić information content (AvgIpc) is 2.63. The Morgan fingerprint density at radius 2 is 1.07 bits per heavy atom. The molecule has 0 spiro atoms. The molecule has 0 aliphatic heterocycles. The zero-order valence-corrected chi connectivity index (χ0v) is 19.9. The maximum atomic E-state index is 12.2. The quantitative estimate of drug-likeness (QED) is 0.293. The van der Waals surface area contributed by atoms with Crippen molar-refractivity contribution in [1.82, 2.24) is 0 Å². The van der Waals surface area contributed by atoms with Crippen molar-refractivity contribution in [3.05, 3.63) is 0 Å². The van der Waals surface area contributed by atoms with Gasteiger partial charge in [-0.1, -0.05) is 26.7 Å². The van der Waals surface area contributed by atoms with Crippen molar-refractivity contribution < 1.29 is 31.2 Å². The van der Waals surface area contributed by atoms with Crippen LogP contribution in [0.2, 0.25) is 0 Å². The van der Waals surface area contributed by atoms with E-state index in [0.717, 1.165) is 25.7 Å². The number of ether oxygens (including phenoxy) is 1. The monoisotopic (exact) mass is 454 g/mol. The Bertz CT molecular complexity index is 636. The van der Waals surface area contributed by atoms with Gasteiger partial charge in [0.25, 0.3) is 0 Å². The molecule has 0 saturated carbocycles. The molecule has 0 aromatic heterocycles. The Morgan fingerprint density at radius 3 is 1.38 bits per heavy atom. The molecule has 0 bridgehead atoms. The van der Waals surface area contributed by atoms with Crippen molar-refractivity contribution in [3.8, 4) is 0 Å². The van der Waals surface area contributed by atoms with Gasteiger partial charge in [0, 0.05) is 25.7 Å². The van der Waals surface area contributed by atoms with Crippen LogP contribution in [0, 0.1) is 0 Å². The summed E-state index contributed by atoms with van der Waals surface area (Å²) in [5.41, 5.74) is 0. The molecule has 0 heterocycles. The van der Waals surface area contributed by atoms with E-state index in [9.17, 15) is 26.4 Å². The van der Waals surface area contributed by atoms with Gasteiger partial charge >= 0.3 is 0 Å². The smallest absolute Gasteiger partial charge is 0.155 e. The van der Waals surface area contributed by atoms with Crippen molar-refractivity contribution >= 4 is 31.2 Å². The third-order valence-corrected chi connectivity index (χ3v) is 9.16. The first-order chi connectivity index (χ1) is 13.5. The van der Waals surface area contributed by atoms with E-state index in [1.807, 2.05) is 13.8 Å². The molecule has 0 amide bonds. The predicted molar refractivity (Wildman–Crippen MR) is 116 cm³/mol. The molecule has 9 heteroatoms. The Morgan fingerprint density at radius 1 is 0.724 bits per heavy atom. The highest BCUT2D eigenvalue weighted by Gasteiger charge is 2.25. The number of unbranched alkanes of at least 4 members (excludes halogenated alkanes) is 2. The van der Waals surface area contributed by atoms with Crippen LogP contribution >= 0.6 is 0 Å². The van der Waals surface area contributed by atoms with Crippen molar-refractivity contribution in [1.29, 1.82) is 0 Å². The highest BCUT2D eigenvalue weighted by molar-refractivity contribution is 7.92. The first kappa shape index (κ1) is 28.2. The molecule has 0 radical (unpaired) electrons. The van der Waals surface area contributed by atoms with Crippen LogP contribution in [0.4, 0.5) is 0 Å². The van der Waals surface area contributed by atoms with Gasteiger partial charge in [0.1, 0.15) is 11.6 Å². The lowest BCUT2D eigenvalue weighted by atomic mass is 10.1. The summed E-state index contributed by atoms with van der Waals surface area (Å²) in [5.74, 6) is -0.615. The van der Waals surface area contributed by atoms with Gasteiger partial charge in [0.15, 0.2) is 19.7 Å². The maximum Gasteiger partial charge on any atom is 0.155 e. The fourth-order valence-electron chi connectivity index (χ4n) is 2.70. The molecule has 0 fully saturated rings.